The highest BCUT2D eigenvalue weighted by Gasteiger charge is 2.29. The largest absolute Gasteiger partial charge is 0.385 e. The number of hydrogen-bond acceptors (Lipinski definition) is 6. The number of fused-ring (bicyclic) bond motifs is 1. The molecule has 0 amide bonds. The van der Waals surface area contributed by atoms with Crippen LogP contribution in [0.25, 0.3) is 5.65 Å². The van der Waals surface area contributed by atoms with Crippen LogP contribution in [0.15, 0.2) is 36.7 Å². The van der Waals surface area contributed by atoms with Crippen molar-refractivity contribution in [3.63, 3.8) is 0 Å². The van der Waals surface area contributed by atoms with E-state index < -0.39 is 0 Å². The van der Waals surface area contributed by atoms with Crippen LogP contribution in [-0.2, 0) is 5.41 Å². The molecule has 7 nitrogen and oxygen atoms in total. The van der Waals surface area contributed by atoms with Gasteiger partial charge in [0.25, 0.3) is 0 Å². The van der Waals surface area contributed by atoms with Crippen molar-refractivity contribution in [2.45, 2.75) is 26.2 Å². The van der Waals surface area contributed by atoms with E-state index in [9.17, 15) is 0 Å². The van der Waals surface area contributed by atoms with Crippen LogP contribution >= 0.6 is 0 Å². The zero-order valence-electron chi connectivity index (χ0n) is 14.8. The van der Waals surface area contributed by atoms with Gasteiger partial charge in [-0.1, -0.05) is 20.8 Å². The van der Waals surface area contributed by atoms with Gasteiger partial charge in [0.1, 0.15) is 5.82 Å². The zero-order chi connectivity index (χ0) is 17.4. The van der Waals surface area contributed by atoms with Gasteiger partial charge in [-0.05, 0) is 24.3 Å². The molecule has 0 spiro atoms. The molecule has 1 N–H and O–H groups in total. The van der Waals surface area contributed by atoms with Gasteiger partial charge in [-0.3, -0.25) is 4.98 Å². The van der Waals surface area contributed by atoms with Gasteiger partial charge in [0.2, 0.25) is 0 Å². The third-order valence-corrected chi connectivity index (χ3v) is 4.48. The van der Waals surface area contributed by atoms with E-state index in [1.807, 2.05) is 28.8 Å². The fourth-order valence-corrected chi connectivity index (χ4v) is 3.03. The molecule has 0 radical (unpaired) electrons. The smallest absolute Gasteiger partial charge is 0.178 e. The minimum absolute atomic E-state index is 0.0863. The lowest BCUT2D eigenvalue weighted by molar-refractivity contribution is 0.424. The first kappa shape index (κ1) is 15.8. The lowest BCUT2D eigenvalue weighted by Gasteiger charge is -2.40. The van der Waals surface area contributed by atoms with Crippen molar-refractivity contribution < 1.29 is 0 Å². The van der Waals surface area contributed by atoms with Crippen LogP contribution in [0.4, 0.5) is 11.5 Å². The van der Waals surface area contributed by atoms with Crippen LogP contribution in [0.5, 0.6) is 0 Å². The summed E-state index contributed by atoms with van der Waals surface area (Å²) in [4.78, 5) is 6.33. The molecule has 1 fully saturated rings. The second-order valence-electron chi connectivity index (χ2n) is 7.62. The van der Waals surface area contributed by atoms with Crippen molar-refractivity contribution >= 4 is 17.2 Å². The maximum Gasteiger partial charge on any atom is 0.178 e. The highest BCUT2D eigenvalue weighted by Crippen LogP contribution is 2.25. The van der Waals surface area contributed by atoms with E-state index in [1.54, 1.807) is 12.4 Å². The monoisotopic (exact) mass is 337 g/mol. The summed E-state index contributed by atoms with van der Waals surface area (Å²) in [5.74, 6) is 2.49. The molecule has 130 valence electrons. The topological polar surface area (TPSA) is 71.2 Å². The first-order chi connectivity index (χ1) is 12.0. The fraction of sp³-hybridized carbons (Fsp3) is 0.444. The Morgan fingerprint density at radius 2 is 1.84 bits per heavy atom. The summed E-state index contributed by atoms with van der Waals surface area (Å²) in [6.07, 6.45) is 3.61. The van der Waals surface area contributed by atoms with Crippen molar-refractivity contribution in [2.24, 2.45) is 5.92 Å². The number of rotatable bonds is 4. The van der Waals surface area contributed by atoms with E-state index in [-0.39, 0.29) is 5.41 Å². The van der Waals surface area contributed by atoms with Gasteiger partial charge in [-0.15, -0.1) is 15.3 Å². The van der Waals surface area contributed by atoms with Gasteiger partial charge in [0.05, 0.1) is 0 Å². The predicted molar refractivity (Wildman–Crippen MR) is 97.9 cm³/mol. The molecule has 3 aromatic rings. The van der Waals surface area contributed by atoms with Crippen LogP contribution in [0.1, 0.15) is 26.6 Å². The predicted octanol–water partition coefficient (Wildman–Crippen LogP) is 2.37. The van der Waals surface area contributed by atoms with E-state index in [2.05, 4.69) is 46.2 Å². The molecule has 0 aliphatic carbocycles. The average Bonchev–Trinajstić information content (AvgIpc) is 2.98. The van der Waals surface area contributed by atoms with Gasteiger partial charge in [0.15, 0.2) is 11.5 Å². The normalized spacial score (nSPS) is 15.4. The molecular weight excluding hydrogens is 314 g/mol. The summed E-state index contributed by atoms with van der Waals surface area (Å²) in [6, 6.07) is 8.01. The van der Waals surface area contributed by atoms with Gasteiger partial charge >= 0.3 is 0 Å². The summed E-state index contributed by atoms with van der Waals surface area (Å²) in [5.41, 5.74) is 1.83. The lowest BCUT2D eigenvalue weighted by atomic mass is 9.96. The Labute approximate surface area is 147 Å². The maximum atomic E-state index is 4.77. The minimum Gasteiger partial charge on any atom is -0.385 e. The Morgan fingerprint density at radius 3 is 2.56 bits per heavy atom. The molecule has 4 rings (SSSR count). The second kappa shape index (κ2) is 5.98. The first-order valence-corrected chi connectivity index (χ1v) is 8.62. The summed E-state index contributed by atoms with van der Waals surface area (Å²) in [6.45, 7) is 9.35. The second-order valence-corrected chi connectivity index (χ2v) is 7.62. The number of pyridine rings is 1. The van der Waals surface area contributed by atoms with Crippen LogP contribution in [0.3, 0.4) is 0 Å². The molecule has 0 unspecified atom stereocenters. The van der Waals surface area contributed by atoms with Crippen LogP contribution in [0.2, 0.25) is 0 Å². The molecule has 3 aromatic heterocycles. The van der Waals surface area contributed by atoms with Gasteiger partial charge in [-0.2, -0.15) is 4.52 Å². The fourth-order valence-electron chi connectivity index (χ4n) is 3.03. The molecule has 1 aliphatic rings. The van der Waals surface area contributed by atoms with Crippen molar-refractivity contribution in [1.29, 1.82) is 0 Å². The Morgan fingerprint density at radius 1 is 1.08 bits per heavy atom. The standard InChI is InChI=1S/C18H23N7/c1-18(2,3)17-22-21-15-4-5-16(23-25(15)17)24-11-13(12-24)10-20-14-6-8-19-9-7-14/h4-9,13H,10-12H2,1-3H3,(H,19,20). The number of aromatic nitrogens is 5. The molecular formula is C18H23N7. The number of hydrogen-bond donors (Lipinski definition) is 1. The molecule has 0 bridgehead atoms. The summed E-state index contributed by atoms with van der Waals surface area (Å²) in [5, 5.41) is 16.8. The maximum absolute atomic E-state index is 4.77. The lowest BCUT2D eigenvalue weighted by Crippen LogP contribution is -2.50. The number of anilines is 2. The Balaban J connectivity index is 1.42. The van der Waals surface area contributed by atoms with Crippen molar-refractivity contribution in [2.75, 3.05) is 29.9 Å². The molecule has 0 aromatic carbocycles. The summed E-state index contributed by atoms with van der Waals surface area (Å²) >= 11 is 0. The zero-order valence-corrected chi connectivity index (χ0v) is 14.8. The Bertz CT molecular complexity index is 860. The van der Waals surface area contributed by atoms with Gasteiger partial charge < -0.3 is 10.2 Å². The molecule has 1 saturated heterocycles. The van der Waals surface area contributed by atoms with Gasteiger partial charge in [-0.25, -0.2) is 0 Å². The molecule has 0 saturated carbocycles. The minimum atomic E-state index is -0.0863. The quantitative estimate of drug-likeness (QED) is 0.788. The average molecular weight is 337 g/mol. The van der Waals surface area contributed by atoms with E-state index in [0.717, 1.165) is 42.6 Å². The molecule has 1 aliphatic heterocycles. The van der Waals surface area contributed by atoms with E-state index in [1.165, 1.54) is 0 Å². The molecule has 0 atom stereocenters. The number of nitrogens with zero attached hydrogens (tertiary/aromatic N) is 6. The van der Waals surface area contributed by atoms with Crippen molar-refractivity contribution in [3.8, 4) is 0 Å². The van der Waals surface area contributed by atoms with Crippen LogP contribution in [-0.4, -0.2) is 44.4 Å². The molecule has 4 heterocycles. The molecule has 25 heavy (non-hydrogen) atoms. The SMILES string of the molecule is CC(C)(C)c1nnc2ccc(N3CC(CNc4ccncc4)C3)nn12. The highest BCUT2D eigenvalue weighted by atomic mass is 15.4. The third kappa shape index (κ3) is 3.14. The Kier molecular flexibility index (Phi) is 3.78. The first-order valence-electron chi connectivity index (χ1n) is 8.62. The van der Waals surface area contributed by atoms with E-state index in [4.69, 9.17) is 5.10 Å². The summed E-state index contributed by atoms with van der Waals surface area (Å²) in [7, 11) is 0. The van der Waals surface area contributed by atoms with Gasteiger partial charge in [0, 0.05) is 49.0 Å². The number of nitrogens with one attached hydrogen (secondary N) is 1. The summed E-state index contributed by atoms with van der Waals surface area (Å²) < 4.78 is 1.87. The Hall–Kier alpha value is -2.70. The third-order valence-electron chi connectivity index (χ3n) is 4.48. The van der Waals surface area contributed by atoms with Crippen LogP contribution in [0, 0.1) is 5.92 Å². The van der Waals surface area contributed by atoms with Crippen molar-refractivity contribution in [3.05, 3.63) is 42.5 Å². The van der Waals surface area contributed by atoms with Crippen molar-refractivity contribution in [1.82, 2.24) is 24.8 Å². The van der Waals surface area contributed by atoms with Crippen LogP contribution < -0.4 is 10.2 Å². The molecule has 7 heteroatoms. The van der Waals surface area contributed by atoms with E-state index in [0.29, 0.717) is 5.92 Å². The highest BCUT2D eigenvalue weighted by molar-refractivity contribution is 5.48. The van der Waals surface area contributed by atoms with E-state index >= 15 is 0 Å².